The average Bonchev–Trinajstić information content (AvgIpc) is 2.60. The van der Waals surface area contributed by atoms with Crippen LogP contribution in [0.1, 0.15) is 44.6 Å². The van der Waals surface area contributed by atoms with E-state index in [1.807, 2.05) is 12.1 Å². The van der Waals surface area contributed by atoms with Gasteiger partial charge in [0.05, 0.1) is 12.1 Å². The molecule has 138 valence electrons. The van der Waals surface area contributed by atoms with E-state index in [0.717, 1.165) is 29.7 Å². The quantitative estimate of drug-likeness (QED) is 0.751. The number of carbonyl (C=O) groups excluding carboxylic acids is 2. The lowest BCUT2D eigenvalue weighted by Crippen LogP contribution is -2.68. The summed E-state index contributed by atoms with van der Waals surface area (Å²) in [6.07, 6.45) is 5.55. The predicted octanol–water partition coefficient (Wildman–Crippen LogP) is 1.86. The van der Waals surface area contributed by atoms with Crippen LogP contribution in [0, 0.1) is 5.92 Å². The highest BCUT2D eigenvalue weighted by molar-refractivity contribution is 8.00. The Kier molecular flexibility index (Phi) is 4.75. The number of fused-ring (bicyclic) bond motifs is 1. The maximum absolute atomic E-state index is 13.0. The second kappa shape index (κ2) is 7.04. The number of thioether (sulfide) groups is 1. The second-order valence-corrected chi connectivity index (χ2v) is 9.00. The van der Waals surface area contributed by atoms with Gasteiger partial charge in [-0.3, -0.25) is 19.9 Å². The fraction of sp³-hybridized carbons (Fsp3) is 0.526. The van der Waals surface area contributed by atoms with Gasteiger partial charge < -0.3 is 10.6 Å². The zero-order chi connectivity index (χ0) is 18.3. The molecule has 0 bridgehead atoms. The van der Waals surface area contributed by atoms with Crippen LogP contribution in [0.15, 0.2) is 35.8 Å². The van der Waals surface area contributed by atoms with E-state index in [4.69, 9.17) is 0 Å². The van der Waals surface area contributed by atoms with Crippen molar-refractivity contribution in [3.63, 3.8) is 0 Å². The molecule has 3 N–H and O–H groups in total. The van der Waals surface area contributed by atoms with E-state index >= 15 is 0 Å². The Balaban J connectivity index is 1.74. The number of amides is 1. The molecule has 0 saturated carbocycles. The van der Waals surface area contributed by atoms with Crippen molar-refractivity contribution in [3.05, 3.63) is 41.4 Å². The minimum Gasteiger partial charge on any atom is -0.372 e. The van der Waals surface area contributed by atoms with Gasteiger partial charge in [0.2, 0.25) is 5.91 Å². The first-order valence-corrected chi connectivity index (χ1v) is 10.1. The molecule has 3 heterocycles. The lowest BCUT2D eigenvalue weighted by atomic mass is 9.71. The number of nitrogens with zero attached hydrogens (tertiary/aromatic N) is 1. The third-order valence-corrected chi connectivity index (χ3v) is 6.27. The third kappa shape index (κ3) is 3.14. The van der Waals surface area contributed by atoms with Crippen molar-refractivity contribution >= 4 is 23.5 Å². The van der Waals surface area contributed by atoms with Crippen LogP contribution in [0.2, 0.25) is 0 Å². The summed E-state index contributed by atoms with van der Waals surface area (Å²) in [5, 5.41) is 10.5. The van der Waals surface area contributed by atoms with Gasteiger partial charge in [0.1, 0.15) is 5.50 Å². The van der Waals surface area contributed by atoms with E-state index in [1.54, 1.807) is 24.2 Å². The first kappa shape index (κ1) is 17.5. The number of allylic oxidation sites excluding steroid dienone is 2. The highest BCUT2D eigenvalue weighted by Crippen LogP contribution is 2.43. The van der Waals surface area contributed by atoms with Crippen LogP contribution in [-0.2, 0) is 9.59 Å². The number of pyridine rings is 1. The Bertz CT molecular complexity index is 749. The monoisotopic (exact) mass is 372 g/mol. The molecule has 1 aromatic heterocycles. The van der Waals surface area contributed by atoms with Crippen molar-refractivity contribution in [3.8, 4) is 0 Å². The maximum Gasteiger partial charge on any atom is 0.229 e. The van der Waals surface area contributed by atoms with Gasteiger partial charge in [-0.05, 0) is 30.5 Å². The molecule has 2 aliphatic heterocycles. The summed E-state index contributed by atoms with van der Waals surface area (Å²) in [6, 6.07) is 3.84. The molecule has 4 atom stereocenters. The van der Waals surface area contributed by atoms with Crippen LogP contribution in [0.25, 0.3) is 0 Å². The standard InChI is InChI=1S/C19H24N4O2S/c1-10(2)26-19-22-17-16(18(25)23-19)14(11-6-8-20-9-7-11)15-12(21-17)4-3-5-13(15)24/h6-10,14,16-17,19,21-22H,3-5H2,1-2H3,(H,23,25). The lowest BCUT2D eigenvalue weighted by molar-refractivity contribution is -0.130. The fourth-order valence-electron chi connectivity index (χ4n) is 4.19. The Labute approximate surface area is 157 Å². The van der Waals surface area contributed by atoms with E-state index in [1.165, 1.54) is 0 Å². The Morgan fingerprint density at radius 1 is 1.15 bits per heavy atom. The SMILES string of the molecule is CC(C)SC1NC(=O)C2C(NC3=C(C(=O)CCC3)C2c2ccncc2)N1. The topological polar surface area (TPSA) is 83.1 Å². The molecule has 1 fully saturated rings. The normalized spacial score (nSPS) is 31.2. The van der Waals surface area contributed by atoms with Crippen molar-refractivity contribution in [1.82, 2.24) is 20.9 Å². The summed E-state index contributed by atoms with van der Waals surface area (Å²) in [7, 11) is 0. The molecule has 4 rings (SSSR count). The number of ketones is 1. The minimum atomic E-state index is -0.359. The zero-order valence-electron chi connectivity index (χ0n) is 15.0. The van der Waals surface area contributed by atoms with E-state index in [9.17, 15) is 9.59 Å². The predicted molar refractivity (Wildman–Crippen MR) is 101 cm³/mol. The van der Waals surface area contributed by atoms with Crippen LogP contribution < -0.4 is 16.0 Å². The van der Waals surface area contributed by atoms with Gasteiger partial charge >= 0.3 is 0 Å². The summed E-state index contributed by atoms with van der Waals surface area (Å²) in [5.41, 5.74) is 2.64. The molecule has 26 heavy (non-hydrogen) atoms. The van der Waals surface area contributed by atoms with Crippen molar-refractivity contribution in [2.75, 3.05) is 0 Å². The minimum absolute atomic E-state index is 0.00821. The largest absolute Gasteiger partial charge is 0.372 e. The molecule has 1 amide bonds. The molecule has 0 radical (unpaired) electrons. The lowest BCUT2D eigenvalue weighted by Gasteiger charge is -2.47. The molecule has 6 nitrogen and oxygen atoms in total. The second-order valence-electron chi connectivity index (χ2n) is 7.32. The highest BCUT2D eigenvalue weighted by atomic mass is 32.2. The van der Waals surface area contributed by atoms with Gasteiger partial charge in [0, 0.05) is 41.3 Å². The van der Waals surface area contributed by atoms with Crippen LogP contribution in [-0.4, -0.2) is 33.6 Å². The van der Waals surface area contributed by atoms with Gasteiger partial charge in [-0.1, -0.05) is 13.8 Å². The van der Waals surface area contributed by atoms with Crippen LogP contribution in [0.4, 0.5) is 0 Å². The number of hydrogen-bond donors (Lipinski definition) is 3. The first-order valence-electron chi connectivity index (χ1n) is 9.19. The molecule has 1 saturated heterocycles. The number of Topliss-reactive ketones (excluding diaryl/α,β-unsaturated/α-hetero) is 1. The number of hydrogen-bond acceptors (Lipinski definition) is 6. The molecule has 7 heteroatoms. The van der Waals surface area contributed by atoms with Crippen molar-refractivity contribution in [2.45, 2.75) is 55.9 Å². The summed E-state index contributed by atoms with van der Waals surface area (Å²) in [4.78, 5) is 29.9. The Hall–Kier alpha value is -1.86. The van der Waals surface area contributed by atoms with Gasteiger partial charge in [-0.2, -0.15) is 0 Å². The molecule has 3 aliphatic rings. The summed E-state index contributed by atoms with van der Waals surface area (Å²) in [6.45, 7) is 4.22. The molecular formula is C19H24N4O2S. The average molecular weight is 372 g/mol. The third-order valence-electron chi connectivity index (χ3n) is 5.20. The first-order chi connectivity index (χ1) is 12.5. The van der Waals surface area contributed by atoms with Crippen molar-refractivity contribution < 1.29 is 9.59 Å². The molecular weight excluding hydrogens is 348 g/mol. The molecule has 0 aromatic carbocycles. The fourth-order valence-corrected chi connectivity index (χ4v) is 5.15. The molecule has 0 spiro atoms. The van der Waals surface area contributed by atoms with Gasteiger partial charge in [0.25, 0.3) is 0 Å². The molecule has 1 aromatic rings. The Morgan fingerprint density at radius 3 is 2.65 bits per heavy atom. The van der Waals surface area contributed by atoms with Gasteiger partial charge in [-0.15, -0.1) is 11.8 Å². The van der Waals surface area contributed by atoms with Crippen molar-refractivity contribution in [2.24, 2.45) is 5.92 Å². The van der Waals surface area contributed by atoms with Crippen LogP contribution in [0.3, 0.4) is 0 Å². The van der Waals surface area contributed by atoms with E-state index in [2.05, 4.69) is 34.8 Å². The molecule has 4 unspecified atom stereocenters. The number of rotatable bonds is 3. The summed E-state index contributed by atoms with van der Waals surface area (Å²) in [5.74, 6) is -0.441. The smallest absolute Gasteiger partial charge is 0.229 e. The summed E-state index contributed by atoms with van der Waals surface area (Å²) < 4.78 is 0. The number of nitrogens with one attached hydrogen (secondary N) is 3. The van der Waals surface area contributed by atoms with Crippen LogP contribution in [0.5, 0.6) is 0 Å². The van der Waals surface area contributed by atoms with E-state index in [0.29, 0.717) is 11.7 Å². The number of carbonyl (C=O) groups is 2. The van der Waals surface area contributed by atoms with Crippen LogP contribution >= 0.6 is 11.8 Å². The van der Waals surface area contributed by atoms with Gasteiger partial charge in [0.15, 0.2) is 5.78 Å². The highest BCUT2D eigenvalue weighted by Gasteiger charge is 2.49. The van der Waals surface area contributed by atoms with E-state index < -0.39 is 0 Å². The van der Waals surface area contributed by atoms with Crippen molar-refractivity contribution in [1.29, 1.82) is 0 Å². The zero-order valence-corrected chi connectivity index (χ0v) is 15.8. The number of aromatic nitrogens is 1. The molecule has 1 aliphatic carbocycles. The maximum atomic E-state index is 13.0. The van der Waals surface area contributed by atoms with Gasteiger partial charge in [-0.25, -0.2) is 0 Å². The Morgan fingerprint density at radius 2 is 1.92 bits per heavy atom. The summed E-state index contributed by atoms with van der Waals surface area (Å²) >= 11 is 1.69. The van der Waals surface area contributed by atoms with E-state index in [-0.39, 0.29) is 35.2 Å².